The summed E-state index contributed by atoms with van der Waals surface area (Å²) in [5, 5.41) is 17.0. The van der Waals surface area contributed by atoms with Gasteiger partial charge in [-0.1, -0.05) is 43.7 Å². The molecule has 0 unspecified atom stereocenters. The fourth-order valence-electron chi connectivity index (χ4n) is 1.72. The lowest BCUT2D eigenvalue weighted by Gasteiger charge is -1.99. The summed E-state index contributed by atoms with van der Waals surface area (Å²) in [6.07, 6.45) is 1.53. The van der Waals surface area contributed by atoms with Crippen molar-refractivity contribution in [2.24, 2.45) is 0 Å². The van der Waals surface area contributed by atoms with E-state index in [1.165, 1.54) is 6.08 Å². The molecule has 0 amide bonds. The molecule has 0 aliphatic heterocycles. The molecule has 104 valence electrons. The van der Waals surface area contributed by atoms with Gasteiger partial charge in [-0.3, -0.25) is 0 Å². The molecule has 0 fully saturated rings. The van der Waals surface area contributed by atoms with Crippen LogP contribution < -0.4 is 0 Å². The first-order valence-corrected chi connectivity index (χ1v) is 6.33. The van der Waals surface area contributed by atoms with Crippen LogP contribution in [-0.4, -0.2) is 21.3 Å². The van der Waals surface area contributed by atoms with E-state index < -0.39 is 5.97 Å². The van der Waals surface area contributed by atoms with E-state index in [0.29, 0.717) is 5.89 Å². The number of hydrogen-bond donors (Lipinski definition) is 1. The highest BCUT2D eigenvalue weighted by Crippen LogP contribution is 2.21. The zero-order valence-electron chi connectivity index (χ0n) is 11.6. The van der Waals surface area contributed by atoms with Crippen LogP contribution in [0.4, 0.5) is 0 Å². The Morgan fingerprint density at radius 3 is 2.65 bits per heavy atom. The Balaban J connectivity index is 2.43. The summed E-state index contributed by atoms with van der Waals surface area (Å²) in [5.41, 5.74) is 1.83. The van der Waals surface area contributed by atoms with Gasteiger partial charge in [0.05, 0.1) is 0 Å². The van der Waals surface area contributed by atoms with Crippen molar-refractivity contribution >= 4 is 17.6 Å². The second-order valence-corrected chi connectivity index (χ2v) is 4.88. The highest BCUT2D eigenvalue weighted by Gasteiger charge is 2.19. The molecule has 0 radical (unpaired) electrons. The van der Waals surface area contributed by atoms with Crippen LogP contribution in [0.15, 0.2) is 28.7 Å². The minimum absolute atomic E-state index is 0.00463. The van der Waals surface area contributed by atoms with E-state index in [1.807, 2.05) is 45.0 Å². The SMILES string of the molecule is Cc1cccc(/C=C(\C(=O)O)c2nnc(C(C)C)o2)c1. The van der Waals surface area contributed by atoms with E-state index in [0.717, 1.165) is 11.1 Å². The Kier molecular flexibility index (Phi) is 3.98. The molecule has 1 aromatic heterocycles. The summed E-state index contributed by atoms with van der Waals surface area (Å²) in [6, 6.07) is 7.54. The van der Waals surface area contributed by atoms with Crippen molar-refractivity contribution in [1.29, 1.82) is 0 Å². The lowest BCUT2D eigenvalue weighted by molar-refractivity contribution is -0.130. The van der Waals surface area contributed by atoms with Crippen molar-refractivity contribution in [3.05, 3.63) is 47.2 Å². The second kappa shape index (κ2) is 5.69. The molecule has 0 spiro atoms. The van der Waals surface area contributed by atoms with Crippen LogP contribution in [0.1, 0.15) is 42.7 Å². The van der Waals surface area contributed by atoms with Gasteiger partial charge < -0.3 is 9.52 Å². The van der Waals surface area contributed by atoms with Crippen molar-refractivity contribution in [3.63, 3.8) is 0 Å². The molecule has 1 N–H and O–H groups in total. The van der Waals surface area contributed by atoms with Crippen molar-refractivity contribution < 1.29 is 14.3 Å². The van der Waals surface area contributed by atoms with E-state index in [1.54, 1.807) is 0 Å². The fourth-order valence-corrected chi connectivity index (χ4v) is 1.72. The van der Waals surface area contributed by atoms with Crippen LogP contribution in [-0.2, 0) is 4.79 Å². The monoisotopic (exact) mass is 272 g/mol. The second-order valence-electron chi connectivity index (χ2n) is 4.88. The average Bonchev–Trinajstić information content (AvgIpc) is 2.85. The fraction of sp³-hybridized carbons (Fsp3) is 0.267. The zero-order chi connectivity index (χ0) is 14.7. The first-order valence-electron chi connectivity index (χ1n) is 6.33. The molecule has 5 nitrogen and oxygen atoms in total. The minimum Gasteiger partial charge on any atom is -0.477 e. The zero-order valence-corrected chi connectivity index (χ0v) is 11.6. The number of carboxylic acid groups (broad SMARTS) is 1. The summed E-state index contributed by atoms with van der Waals surface area (Å²) in [7, 11) is 0. The summed E-state index contributed by atoms with van der Waals surface area (Å²) in [4.78, 5) is 11.4. The minimum atomic E-state index is -1.09. The van der Waals surface area contributed by atoms with Gasteiger partial charge >= 0.3 is 5.97 Å². The van der Waals surface area contributed by atoms with Crippen LogP contribution in [0.2, 0.25) is 0 Å². The van der Waals surface area contributed by atoms with Gasteiger partial charge in [-0.25, -0.2) is 4.79 Å². The maximum absolute atomic E-state index is 11.4. The molecule has 1 heterocycles. The third-order valence-electron chi connectivity index (χ3n) is 2.75. The number of aromatic nitrogens is 2. The summed E-state index contributed by atoms with van der Waals surface area (Å²) < 4.78 is 5.40. The van der Waals surface area contributed by atoms with Crippen LogP contribution in [0.3, 0.4) is 0 Å². The topological polar surface area (TPSA) is 76.2 Å². The molecule has 0 aliphatic carbocycles. The van der Waals surface area contributed by atoms with E-state index in [-0.39, 0.29) is 17.4 Å². The molecule has 0 bridgehead atoms. The molecule has 1 aromatic carbocycles. The standard InChI is InChI=1S/C15H16N2O3/c1-9(2)13-16-17-14(20-13)12(15(18)19)8-11-6-4-5-10(3)7-11/h4-9H,1-3H3,(H,18,19)/b12-8-. The molecule has 2 aromatic rings. The van der Waals surface area contributed by atoms with Gasteiger partial charge in [0.15, 0.2) is 0 Å². The Morgan fingerprint density at radius 1 is 1.35 bits per heavy atom. The Bertz CT molecular complexity index is 657. The van der Waals surface area contributed by atoms with Crippen LogP contribution in [0, 0.1) is 6.92 Å². The molecule has 0 atom stereocenters. The normalized spacial score (nSPS) is 11.9. The molecule has 5 heteroatoms. The summed E-state index contributed by atoms with van der Waals surface area (Å²) in [5.74, 6) is -0.574. The van der Waals surface area contributed by atoms with E-state index in [9.17, 15) is 9.90 Å². The third-order valence-corrected chi connectivity index (χ3v) is 2.75. The Hall–Kier alpha value is -2.43. The molecular formula is C15H16N2O3. The first kappa shape index (κ1) is 14.0. The highest BCUT2D eigenvalue weighted by atomic mass is 16.4. The third kappa shape index (κ3) is 3.12. The predicted octanol–water partition coefficient (Wildman–Crippen LogP) is 3.13. The summed E-state index contributed by atoms with van der Waals surface area (Å²) in [6.45, 7) is 5.76. The average molecular weight is 272 g/mol. The number of carboxylic acids is 1. The highest BCUT2D eigenvalue weighted by molar-refractivity contribution is 6.19. The van der Waals surface area contributed by atoms with E-state index >= 15 is 0 Å². The smallest absolute Gasteiger partial charge is 0.341 e. The quantitative estimate of drug-likeness (QED) is 0.865. The number of nitrogens with zero attached hydrogens (tertiary/aromatic N) is 2. The van der Waals surface area contributed by atoms with Gasteiger partial charge in [0.25, 0.3) is 5.89 Å². The largest absolute Gasteiger partial charge is 0.477 e. The molecular weight excluding hydrogens is 256 g/mol. The number of aryl methyl sites for hydroxylation is 1. The number of hydrogen-bond acceptors (Lipinski definition) is 4. The Morgan fingerprint density at radius 2 is 2.10 bits per heavy atom. The van der Waals surface area contributed by atoms with Gasteiger partial charge in [0.2, 0.25) is 5.89 Å². The molecule has 0 aliphatic rings. The van der Waals surface area contributed by atoms with Crippen molar-refractivity contribution in [2.45, 2.75) is 26.7 Å². The van der Waals surface area contributed by atoms with Gasteiger partial charge in [-0.15, -0.1) is 10.2 Å². The maximum Gasteiger partial charge on any atom is 0.341 e. The predicted molar refractivity (Wildman–Crippen MR) is 75.1 cm³/mol. The maximum atomic E-state index is 11.4. The lowest BCUT2D eigenvalue weighted by atomic mass is 10.1. The number of carbonyl (C=O) groups is 1. The van der Waals surface area contributed by atoms with E-state index in [2.05, 4.69) is 10.2 Å². The van der Waals surface area contributed by atoms with E-state index in [4.69, 9.17) is 4.42 Å². The van der Waals surface area contributed by atoms with Crippen molar-refractivity contribution in [2.75, 3.05) is 0 Å². The number of benzene rings is 1. The van der Waals surface area contributed by atoms with Crippen LogP contribution in [0.25, 0.3) is 11.6 Å². The van der Waals surface area contributed by atoms with Gasteiger partial charge in [0, 0.05) is 5.92 Å². The molecule has 2 rings (SSSR count). The molecule has 20 heavy (non-hydrogen) atoms. The van der Waals surface area contributed by atoms with Gasteiger partial charge in [0.1, 0.15) is 5.57 Å². The van der Waals surface area contributed by atoms with Crippen LogP contribution >= 0.6 is 0 Å². The number of aliphatic carboxylic acids is 1. The molecule has 0 saturated heterocycles. The lowest BCUT2D eigenvalue weighted by Crippen LogP contribution is -2.00. The van der Waals surface area contributed by atoms with Crippen molar-refractivity contribution in [1.82, 2.24) is 10.2 Å². The number of rotatable bonds is 4. The first-order chi connectivity index (χ1) is 9.47. The Labute approximate surface area is 117 Å². The van der Waals surface area contributed by atoms with Crippen LogP contribution in [0.5, 0.6) is 0 Å². The summed E-state index contributed by atoms with van der Waals surface area (Å²) >= 11 is 0. The van der Waals surface area contributed by atoms with Gasteiger partial charge in [-0.2, -0.15) is 0 Å². The molecule has 0 saturated carbocycles. The van der Waals surface area contributed by atoms with Crippen molar-refractivity contribution in [3.8, 4) is 0 Å². The van der Waals surface area contributed by atoms with Gasteiger partial charge in [-0.05, 0) is 18.6 Å².